The molecule has 0 saturated heterocycles. The number of aromatic amines is 1. The molecule has 0 fully saturated rings. The standard InChI is InChI=1S/C21H21N5O/c1-13-4-3-5-14(8-13)11-26-12-15(6-7-19(26)27)16-9-17(23-2)20-18(10-16)24-25-21(20)22/h3-10,12,23H,11H2,1-2H3,(H3,22,24,25). The minimum atomic E-state index is -0.0269. The number of pyridine rings is 1. The number of rotatable bonds is 4. The van der Waals surface area contributed by atoms with Crippen LogP contribution in [-0.2, 0) is 6.54 Å². The first kappa shape index (κ1) is 16.9. The van der Waals surface area contributed by atoms with Gasteiger partial charge < -0.3 is 15.6 Å². The van der Waals surface area contributed by atoms with Gasteiger partial charge in [0.2, 0.25) is 0 Å². The number of aryl methyl sites for hydroxylation is 1. The molecule has 4 rings (SSSR count). The molecule has 0 unspecified atom stereocenters. The molecule has 27 heavy (non-hydrogen) atoms. The number of nitrogens with zero attached hydrogens (tertiary/aromatic N) is 2. The van der Waals surface area contributed by atoms with Crippen LogP contribution in [0.4, 0.5) is 11.5 Å². The Balaban J connectivity index is 1.79. The Morgan fingerprint density at radius 1 is 1.15 bits per heavy atom. The molecule has 2 heterocycles. The average Bonchev–Trinajstić information content (AvgIpc) is 3.04. The van der Waals surface area contributed by atoms with Crippen LogP contribution in [0.1, 0.15) is 11.1 Å². The van der Waals surface area contributed by atoms with Crippen LogP contribution in [0.5, 0.6) is 0 Å². The minimum absolute atomic E-state index is 0.0269. The van der Waals surface area contributed by atoms with E-state index >= 15 is 0 Å². The first-order chi connectivity index (χ1) is 13.0. The van der Waals surface area contributed by atoms with Crippen molar-refractivity contribution in [1.29, 1.82) is 0 Å². The van der Waals surface area contributed by atoms with Gasteiger partial charge in [0.05, 0.1) is 17.4 Å². The van der Waals surface area contributed by atoms with Crippen molar-refractivity contribution < 1.29 is 0 Å². The minimum Gasteiger partial charge on any atom is -0.387 e. The molecule has 4 N–H and O–H groups in total. The first-order valence-corrected chi connectivity index (χ1v) is 8.77. The molecule has 2 aromatic carbocycles. The second-order valence-electron chi connectivity index (χ2n) is 6.68. The van der Waals surface area contributed by atoms with E-state index in [1.54, 1.807) is 10.6 Å². The van der Waals surface area contributed by atoms with E-state index in [0.29, 0.717) is 12.4 Å². The molecule has 0 aliphatic carbocycles. The number of nitrogen functional groups attached to an aromatic ring is 1. The second-order valence-corrected chi connectivity index (χ2v) is 6.68. The van der Waals surface area contributed by atoms with E-state index < -0.39 is 0 Å². The van der Waals surface area contributed by atoms with Gasteiger partial charge in [-0.05, 0) is 41.8 Å². The molecular weight excluding hydrogens is 338 g/mol. The van der Waals surface area contributed by atoms with Crippen molar-refractivity contribution in [1.82, 2.24) is 14.8 Å². The van der Waals surface area contributed by atoms with Gasteiger partial charge >= 0.3 is 0 Å². The van der Waals surface area contributed by atoms with Gasteiger partial charge in [0.1, 0.15) is 0 Å². The van der Waals surface area contributed by atoms with Crippen LogP contribution in [0.2, 0.25) is 0 Å². The lowest BCUT2D eigenvalue weighted by Gasteiger charge is -2.11. The summed E-state index contributed by atoms with van der Waals surface area (Å²) in [6.07, 6.45) is 1.89. The van der Waals surface area contributed by atoms with Gasteiger partial charge in [0, 0.05) is 25.0 Å². The molecule has 0 spiro atoms. The number of H-pyrrole nitrogens is 1. The number of nitrogens with two attached hydrogens (primary N) is 1. The maximum absolute atomic E-state index is 12.3. The Hall–Kier alpha value is -3.54. The van der Waals surface area contributed by atoms with Crippen molar-refractivity contribution in [2.24, 2.45) is 0 Å². The van der Waals surface area contributed by atoms with Crippen molar-refractivity contribution in [2.45, 2.75) is 13.5 Å². The van der Waals surface area contributed by atoms with Crippen molar-refractivity contribution in [2.75, 3.05) is 18.1 Å². The Labute approximate surface area is 156 Å². The van der Waals surface area contributed by atoms with Gasteiger partial charge in [-0.3, -0.25) is 9.89 Å². The lowest BCUT2D eigenvalue weighted by atomic mass is 10.0. The van der Waals surface area contributed by atoms with E-state index in [1.807, 2.05) is 56.6 Å². The van der Waals surface area contributed by atoms with Crippen LogP contribution in [0.25, 0.3) is 22.0 Å². The predicted molar refractivity (Wildman–Crippen MR) is 110 cm³/mol. The van der Waals surface area contributed by atoms with E-state index in [-0.39, 0.29) is 5.56 Å². The number of hydrogen-bond donors (Lipinski definition) is 3. The Kier molecular flexibility index (Phi) is 4.16. The third-order valence-corrected chi connectivity index (χ3v) is 4.71. The van der Waals surface area contributed by atoms with E-state index in [9.17, 15) is 4.79 Å². The van der Waals surface area contributed by atoms with Crippen molar-refractivity contribution in [3.05, 3.63) is 76.2 Å². The molecule has 6 nitrogen and oxygen atoms in total. The molecule has 0 amide bonds. The predicted octanol–water partition coefficient (Wildman–Crippen LogP) is 3.37. The molecule has 2 aromatic heterocycles. The summed E-state index contributed by atoms with van der Waals surface area (Å²) in [5.74, 6) is 0.463. The highest BCUT2D eigenvalue weighted by molar-refractivity contribution is 6.02. The van der Waals surface area contributed by atoms with Gasteiger partial charge in [-0.25, -0.2) is 0 Å². The molecular formula is C21H21N5O. The lowest BCUT2D eigenvalue weighted by Crippen LogP contribution is -2.19. The number of anilines is 2. The molecule has 0 atom stereocenters. The zero-order valence-electron chi connectivity index (χ0n) is 15.3. The number of fused-ring (bicyclic) bond motifs is 1. The molecule has 0 saturated carbocycles. The first-order valence-electron chi connectivity index (χ1n) is 8.77. The van der Waals surface area contributed by atoms with Crippen LogP contribution in [0.3, 0.4) is 0 Å². The Bertz CT molecular complexity index is 1190. The largest absolute Gasteiger partial charge is 0.387 e. The van der Waals surface area contributed by atoms with E-state index in [4.69, 9.17) is 5.73 Å². The fourth-order valence-electron chi connectivity index (χ4n) is 3.38. The fraction of sp³-hybridized carbons (Fsp3) is 0.143. The van der Waals surface area contributed by atoms with Gasteiger partial charge in [-0.15, -0.1) is 0 Å². The van der Waals surface area contributed by atoms with Crippen LogP contribution in [-0.4, -0.2) is 21.8 Å². The van der Waals surface area contributed by atoms with Gasteiger partial charge in [0.25, 0.3) is 5.56 Å². The van der Waals surface area contributed by atoms with E-state index in [1.165, 1.54) is 5.56 Å². The molecule has 136 valence electrons. The monoisotopic (exact) mass is 359 g/mol. The van der Waals surface area contributed by atoms with Gasteiger partial charge in [-0.2, -0.15) is 5.10 Å². The van der Waals surface area contributed by atoms with Gasteiger partial charge in [0.15, 0.2) is 5.82 Å². The average molecular weight is 359 g/mol. The maximum Gasteiger partial charge on any atom is 0.250 e. The highest BCUT2D eigenvalue weighted by Crippen LogP contribution is 2.32. The second kappa shape index (κ2) is 6.64. The van der Waals surface area contributed by atoms with Crippen molar-refractivity contribution in [3.8, 4) is 11.1 Å². The summed E-state index contributed by atoms with van der Waals surface area (Å²) in [6.45, 7) is 2.58. The van der Waals surface area contributed by atoms with Crippen molar-refractivity contribution >= 4 is 22.4 Å². The number of nitrogens with one attached hydrogen (secondary N) is 2. The lowest BCUT2D eigenvalue weighted by molar-refractivity contribution is 0.760. The normalized spacial score (nSPS) is 11.0. The molecule has 6 heteroatoms. The zero-order valence-corrected chi connectivity index (χ0v) is 15.3. The summed E-state index contributed by atoms with van der Waals surface area (Å²) in [5, 5.41) is 11.1. The highest BCUT2D eigenvalue weighted by Gasteiger charge is 2.11. The number of hydrogen-bond acceptors (Lipinski definition) is 4. The molecule has 0 radical (unpaired) electrons. The molecule has 0 aliphatic rings. The van der Waals surface area contributed by atoms with Crippen LogP contribution in [0, 0.1) is 6.92 Å². The Morgan fingerprint density at radius 2 is 2.00 bits per heavy atom. The number of benzene rings is 2. The fourth-order valence-corrected chi connectivity index (χ4v) is 3.38. The summed E-state index contributed by atoms with van der Waals surface area (Å²) in [5.41, 5.74) is 11.9. The third kappa shape index (κ3) is 3.17. The highest BCUT2D eigenvalue weighted by atomic mass is 16.1. The summed E-state index contributed by atoms with van der Waals surface area (Å²) < 4.78 is 1.73. The third-order valence-electron chi connectivity index (χ3n) is 4.71. The van der Waals surface area contributed by atoms with Crippen LogP contribution >= 0.6 is 0 Å². The molecule has 4 aromatic rings. The summed E-state index contributed by atoms with van der Waals surface area (Å²) in [4.78, 5) is 12.3. The summed E-state index contributed by atoms with van der Waals surface area (Å²) in [7, 11) is 1.85. The smallest absolute Gasteiger partial charge is 0.250 e. The van der Waals surface area contributed by atoms with Gasteiger partial charge in [-0.1, -0.05) is 29.8 Å². The summed E-state index contributed by atoms with van der Waals surface area (Å²) in [6, 6.07) is 15.7. The molecule has 0 bridgehead atoms. The molecule has 0 aliphatic heterocycles. The summed E-state index contributed by atoms with van der Waals surface area (Å²) >= 11 is 0. The Morgan fingerprint density at radius 3 is 2.78 bits per heavy atom. The van der Waals surface area contributed by atoms with E-state index in [0.717, 1.165) is 33.3 Å². The van der Waals surface area contributed by atoms with Crippen LogP contribution in [0.15, 0.2) is 59.5 Å². The number of aromatic nitrogens is 3. The maximum atomic E-state index is 12.3. The SMILES string of the molecule is CNc1cc(-c2ccc(=O)n(Cc3cccc(C)c3)c2)cc2[nH]nc(N)c12. The quantitative estimate of drug-likeness (QED) is 0.521. The topological polar surface area (TPSA) is 88.7 Å². The van der Waals surface area contributed by atoms with Crippen molar-refractivity contribution in [3.63, 3.8) is 0 Å². The van der Waals surface area contributed by atoms with Crippen LogP contribution < -0.4 is 16.6 Å². The van der Waals surface area contributed by atoms with E-state index in [2.05, 4.69) is 21.6 Å². The zero-order chi connectivity index (χ0) is 19.0.